The second-order valence-corrected chi connectivity index (χ2v) is 8.87. The number of nitrogens with two attached hydrogens (primary N) is 1. The van der Waals surface area contributed by atoms with E-state index in [0.717, 1.165) is 25.3 Å². The van der Waals surface area contributed by atoms with Gasteiger partial charge in [-0.25, -0.2) is 4.98 Å². The van der Waals surface area contributed by atoms with Crippen molar-refractivity contribution in [2.45, 2.75) is 38.6 Å². The highest BCUT2D eigenvalue weighted by molar-refractivity contribution is 6.42. The zero-order valence-corrected chi connectivity index (χ0v) is 18.9. The fourth-order valence-corrected chi connectivity index (χ4v) is 4.89. The van der Waals surface area contributed by atoms with Crippen LogP contribution in [0.2, 0.25) is 5.02 Å². The van der Waals surface area contributed by atoms with Crippen molar-refractivity contribution in [1.82, 2.24) is 10.3 Å². The Hall–Kier alpha value is -3.26. The van der Waals surface area contributed by atoms with E-state index < -0.39 is 17.6 Å². The number of Topliss-reactive ketones (excluding diaryl/α,β-unsaturated/α-hetero) is 1. The van der Waals surface area contributed by atoms with E-state index in [4.69, 9.17) is 17.3 Å². The molecule has 0 saturated heterocycles. The number of halogens is 2. The number of rotatable bonds is 4. The highest BCUT2D eigenvalue weighted by Crippen LogP contribution is 2.40. The van der Waals surface area contributed by atoms with Crippen LogP contribution in [0.3, 0.4) is 0 Å². The molecule has 4 rings (SSSR count). The van der Waals surface area contributed by atoms with Crippen molar-refractivity contribution < 1.29 is 18.8 Å². The van der Waals surface area contributed by atoms with Crippen LogP contribution in [0.1, 0.15) is 53.3 Å². The van der Waals surface area contributed by atoms with Crippen LogP contribution in [-0.4, -0.2) is 35.2 Å². The smallest absolute Gasteiger partial charge is 0.264 e. The van der Waals surface area contributed by atoms with Crippen LogP contribution >= 0.6 is 11.6 Å². The number of amides is 2. The lowest BCUT2D eigenvalue weighted by Crippen LogP contribution is -2.49. The number of ketones is 1. The third kappa shape index (κ3) is 4.48. The molecule has 33 heavy (non-hydrogen) atoms. The molecular weight excluding hydrogens is 447 g/mol. The lowest BCUT2D eigenvalue weighted by Gasteiger charge is -2.40. The normalized spacial score (nSPS) is 22.1. The number of hydrogen-bond donors (Lipinski definition) is 2. The van der Waals surface area contributed by atoms with Gasteiger partial charge in [0.25, 0.3) is 11.8 Å². The molecule has 2 atom stereocenters. The zero-order chi connectivity index (χ0) is 23.7. The molecule has 9 heteroatoms. The fourth-order valence-electron chi connectivity index (χ4n) is 4.63. The highest BCUT2D eigenvalue weighted by Gasteiger charge is 2.41. The summed E-state index contributed by atoms with van der Waals surface area (Å²) in [6, 6.07) is 7.43. The molecule has 2 unspecified atom stereocenters. The van der Waals surface area contributed by atoms with Gasteiger partial charge in [-0.2, -0.15) is 4.39 Å². The summed E-state index contributed by atoms with van der Waals surface area (Å²) in [5, 5.41) is 3.15. The van der Waals surface area contributed by atoms with Gasteiger partial charge in [0, 0.05) is 24.5 Å². The van der Waals surface area contributed by atoms with Crippen LogP contribution in [0.25, 0.3) is 0 Å². The number of carbonyl (C=O) groups excluding carboxylic acids is 3. The maximum atomic E-state index is 13.4. The molecule has 1 saturated carbocycles. The minimum atomic E-state index is -0.645. The summed E-state index contributed by atoms with van der Waals surface area (Å²) in [5.41, 5.74) is 7.09. The number of hydrogen-bond acceptors (Lipinski definition) is 5. The van der Waals surface area contributed by atoms with Crippen LogP contribution in [0.4, 0.5) is 10.1 Å². The number of anilines is 1. The molecule has 1 aromatic carbocycles. The first kappa shape index (κ1) is 22.9. The van der Waals surface area contributed by atoms with Crippen LogP contribution < -0.4 is 16.0 Å². The Bertz CT molecular complexity index is 1140. The molecular formula is C24H24ClFN4O3. The van der Waals surface area contributed by atoms with Crippen LogP contribution in [0.15, 0.2) is 47.8 Å². The Morgan fingerprint density at radius 2 is 2.06 bits per heavy atom. The average Bonchev–Trinajstić information content (AvgIpc) is 2.78. The summed E-state index contributed by atoms with van der Waals surface area (Å²) in [6.45, 7) is 1.95. The van der Waals surface area contributed by atoms with Gasteiger partial charge in [-0.3, -0.25) is 14.4 Å². The maximum Gasteiger partial charge on any atom is 0.264 e. The Labute approximate surface area is 195 Å². The van der Waals surface area contributed by atoms with Gasteiger partial charge in [0.2, 0.25) is 11.7 Å². The number of aromatic nitrogens is 1. The van der Waals surface area contributed by atoms with E-state index in [1.807, 2.05) is 0 Å². The first-order chi connectivity index (χ1) is 15.8. The third-order valence-electron chi connectivity index (χ3n) is 6.19. The van der Waals surface area contributed by atoms with Gasteiger partial charge in [-0.05, 0) is 56.4 Å². The summed E-state index contributed by atoms with van der Waals surface area (Å²) < 4.78 is 13.0. The summed E-state index contributed by atoms with van der Waals surface area (Å²) in [4.78, 5) is 43.9. The zero-order valence-electron chi connectivity index (χ0n) is 18.1. The number of carbonyl (C=O) groups is 3. The summed E-state index contributed by atoms with van der Waals surface area (Å²) in [6.07, 6.45) is 4.35. The molecule has 1 aliphatic carbocycles. The average molecular weight is 471 g/mol. The number of benzene rings is 1. The predicted octanol–water partition coefficient (Wildman–Crippen LogP) is 3.62. The number of pyridine rings is 1. The van der Waals surface area contributed by atoms with E-state index in [2.05, 4.69) is 10.3 Å². The second-order valence-electron chi connectivity index (χ2n) is 8.46. The Morgan fingerprint density at radius 1 is 1.27 bits per heavy atom. The lowest BCUT2D eigenvalue weighted by molar-refractivity contribution is -0.115. The lowest BCUT2D eigenvalue weighted by atomic mass is 9.82. The van der Waals surface area contributed by atoms with Crippen molar-refractivity contribution in [1.29, 1.82) is 0 Å². The molecule has 2 amide bonds. The quantitative estimate of drug-likeness (QED) is 0.403. The predicted molar refractivity (Wildman–Crippen MR) is 122 cm³/mol. The van der Waals surface area contributed by atoms with Crippen LogP contribution in [-0.2, 0) is 4.79 Å². The molecule has 0 bridgehead atoms. The first-order valence-electron chi connectivity index (χ1n) is 10.8. The van der Waals surface area contributed by atoms with E-state index in [9.17, 15) is 18.8 Å². The van der Waals surface area contributed by atoms with Crippen LogP contribution in [0, 0.1) is 11.9 Å². The van der Waals surface area contributed by atoms with Gasteiger partial charge in [0.05, 0.1) is 21.8 Å². The maximum absolute atomic E-state index is 13.4. The van der Waals surface area contributed by atoms with Crippen molar-refractivity contribution in [3.8, 4) is 0 Å². The van der Waals surface area contributed by atoms with E-state index in [0.29, 0.717) is 18.7 Å². The van der Waals surface area contributed by atoms with Gasteiger partial charge >= 0.3 is 0 Å². The SMILES string of the molecule is C/C(N)=C1\C(=O)c2c(Cl)cccc2N(C2CCCC(CNC(=O)c3ccc(F)nc3)C2)C1=O. The van der Waals surface area contributed by atoms with Gasteiger partial charge < -0.3 is 16.0 Å². The third-order valence-corrected chi connectivity index (χ3v) is 6.51. The molecule has 172 valence electrons. The van der Waals surface area contributed by atoms with Crippen molar-refractivity contribution in [3.05, 3.63) is 69.9 Å². The topological polar surface area (TPSA) is 105 Å². The monoisotopic (exact) mass is 470 g/mol. The molecule has 2 heterocycles. The van der Waals surface area contributed by atoms with E-state index in [1.54, 1.807) is 23.1 Å². The first-order valence-corrected chi connectivity index (χ1v) is 11.2. The Balaban J connectivity index is 1.54. The van der Waals surface area contributed by atoms with Crippen molar-refractivity contribution in [3.63, 3.8) is 0 Å². The van der Waals surface area contributed by atoms with Gasteiger partial charge in [0.15, 0.2) is 0 Å². The highest BCUT2D eigenvalue weighted by atomic mass is 35.5. The molecule has 7 nitrogen and oxygen atoms in total. The number of allylic oxidation sites excluding steroid dienone is 1. The van der Waals surface area contributed by atoms with Crippen molar-refractivity contribution >= 4 is 34.9 Å². The van der Waals surface area contributed by atoms with E-state index in [-0.39, 0.29) is 45.3 Å². The van der Waals surface area contributed by atoms with Gasteiger partial charge in [-0.15, -0.1) is 0 Å². The largest absolute Gasteiger partial charge is 0.402 e. The van der Waals surface area contributed by atoms with Gasteiger partial charge in [-0.1, -0.05) is 24.1 Å². The molecule has 1 aliphatic heterocycles. The van der Waals surface area contributed by atoms with Crippen molar-refractivity contribution in [2.75, 3.05) is 11.4 Å². The second kappa shape index (κ2) is 9.31. The molecule has 2 aromatic rings. The molecule has 0 radical (unpaired) electrons. The number of nitrogens with zero attached hydrogens (tertiary/aromatic N) is 2. The molecule has 1 aromatic heterocycles. The minimum absolute atomic E-state index is 0.0464. The number of fused-ring (bicyclic) bond motifs is 1. The summed E-state index contributed by atoms with van der Waals surface area (Å²) >= 11 is 6.34. The molecule has 1 fully saturated rings. The van der Waals surface area contributed by atoms with Crippen molar-refractivity contribution in [2.24, 2.45) is 11.7 Å². The molecule has 3 N–H and O–H groups in total. The summed E-state index contributed by atoms with van der Waals surface area (Å²) in [7, 11) is 0. The van der Waals surface area contributed by atoms with E-state index in [1.165, 1.54) is 19.2 Å². The number of nitrogens with one attached hydrogen (secondary N) is 1. The minimum Gasteiger partial charge on any atom is -0.402 e. The standard InChI is InChI=1S/C24H24ClFN4O3/c1-13(27)20-22(31)21-17(25)6-3-7-18(21)30(24(20)33)16-5-2-4-14(10-16)11-29-23(32)15-8-9-19(26)28-12-15/h3,6-9,12,14,16H,2,4-5,10-11,27H2,1H3,(H,29,32)/b20-13-. The summed E-state index contributed by atoms with van der Waals surface area (Å²) in [5.74, 6) is -1.72. The van der Waals surface area contributed by atoms with Gasteiger partial charge in [0.1, 0.15) is 5.57 Å². The molecule has 2 aliphatic rings. The Morgan fingerprint density at radius 3 is 2.76 bits per heavy atom. The van der Waals surface area contributed by atoms with E-state index >= 15 is 0 Å². The fraction of sp³-hybridized carbons (Fsp3) is 0.333. The molecule has 0 spiro atoms. The Kier molecular flexibility index (Phi) is 6.47. The van der Waals surface area contributed by atoms with Crippen LogP contribution in [0.5, 0.6) is 0 Å².